The van der Waals surface area contributed by atoms with Crippen LogP contribution in [0.4, 0.5) is 9.18 Å². The molecule has 0 radical (unpaired) electrons. The summed E-state index contributed by atoms with van der Waals surface area (Å²) in [5.74, 6) is -0.382. The van der Waals surface area contributed by atoms with Crippen LogP contribution in [0, 0.1) is 5.82 Å². The summed E-state index contributed by atoms with van der Waals surface area (Å²) in [5.41, 5.74) is -0.259. The van der Waals surface area contributed by atoms with Gasteiger partial charge in [-0.1, -0.05) is 18.2 Å². The Hall–Kier alpha value is -3.00. The number of benzene rings is 1. The molecule has 1 aromatic carbocycles. The first-order chi connectivity index (χ1) is 12.5. The van der Waals surface area contributed by atoms with Gasteiger partial charge in [0.25, 0.3) is 5.91 Å². The van der Waals surface area contributed by atoms with Crippen molar-refractivity contribution in [2.24, 2.45) is 0 Å². The van der Waals surface area contributed by atoms with Crippen LogP contribution >= 0.6 is 11.3 Å². The van der Waals surface area contributed by atoms with Gasteiger partial charge in [0.1, 0.15) is 17.6 Å². The molecular weight excluding hydrogens is 357 g/mol. The van der Waals surface area contributed by atoms with Crippen LogP contribution in [0.1, 0.15) is 18.2 Å². The van der Waals surface area contributed by atoms with Crippen molar-refractivity contribution < 1.29 is 18.4 Å². The highest BCUT2D eigenvalue weighted by Gasteiger charge is 2.49. The Morgan fingerprint density at radius 1 is 1.27 bits per heavy atom. The first-order valence-corrected chi connectivity index (χ1v) is 8.74. The fourth-order valence-corrected chi connectivity index (χ4v) is 3.53. The maximum atomic E-state index is 13.2. The number of aromatic nitrogens is 1. The minimum Gasteiger partial charge on any atom is -0.443 e. The van der Waals surface area contributed by atoms with Crippen LogP contribution in [0.25, 0.3) is 10.8 Å². The van der Waals surface area contributed by atoms with E-state index in [1.165, 1.54) is 41.9 Å². The van der Waals surface area contributed by atoms with Gasteiger partial charge in [-0.2, -0.15) is 0 Å². The maximum absolute atomic E-state index is 13.2. The van der Waals surface area contributed by atoms with Gasteiger partial charge in [0.2, 0.25) is 5.89 Å². The highest BCUT2D eigenvalue weighted by atomic mass is 32.1. The molecule has 1 fully saturated rings. The average molecular weight is 371 g/mol. The first-order valence-electron chi connectivity index (χ1n) is 7.86. The standard InChI is InChI=1S/C18H14FN3O3S/c1-18(11-4-6-12(19)7-5-11)16(23)22(17(24)21-18)9-13-10-25-15(20-13)14-3-2-8-26-14/h2-8,10H,9H2,1H3,(H,21,24). The quantitative estimate of drug-likeness (QED) is 0.712. The van der Waals surface area contributed by atoms with Crippen LogP contribution in [0.5, 0.6) is 0 Å². The lowest BCUT2D eigenvalue weighted by atomic mass is 9.92. The smallest absolute Gasteiger partial charge is 0.325 e. The van der Waals surface area contributed by atoms with Crippen molar-refractivity contribution in [3.05, 3.63) is 65.1 Å². The summed E-state index contributed by atoms with van der Waals surface area (Å²) in [7, 11) is 0. The van der Waals surface area contributed by atoms with E-state index in [0.717, 1.165) is 9.78 Å². The molecule has 4 rings (SSSR count). The molecule has 1 atom stereocenters. The van der Waals surface area contributed by atoms with Crippen molar-refractivity contribution in [3.63, 3.8) is 0 Å². The first kappa shape index (κ1) is 16.5. The molecular formula is C18H14FN3O3S. The average Bonchev–Trinajstić information content (AvgIpc) is 3.34. The molecule has 0 spiro atoms. The van der Waals surface area contributed by atoms with Crippen molar-refractivity contribution in [2.75, 3.05) is 0 Å². The lowest BCUT2D eigenvalue weighted by Gasteiger charge is -2.22. The third-order valence-corrected chi connectivity index (χ3v) is 5.16. The van der Waals surface area contributed by atoms with E-state index in [0.29, 0.717) is 17.1 Å². The van der Waals surface area contributed by atoms with Crippen LogP contribution in [0.3, 0.4) is 0 Å². The van der Waals surface area contributed by atoms with E-state index in [1.807, 2.05) is 17.5 Å². The zero-order valence-electron chi connectivity index (χ0n) is 13.7. The highest BCUT2D eigenvalue weighted by molar-refractivity contribution is 7.13. The number of thiophene rings is 1. The molecule has 0 saturated carbocycles. The minimum atomic E-state index is -1.24. The summed E-state index contributed by atoms with van der Waals surface area (Å²) in [6, 6.07) is 8.72. The van der Waals surface area contributed by atoms with E-state index in [9.17, 15) is 14.0 Å². The molecule has 1 aliphatic heterocycles. The molecule has 1 N–H and O–H groups in total. The SMILES string of the molecule is CC1(c2ccc(F)cc2)NC(=O)N(Cc2coc(-c3cccs3)n2)C1=O. The number of nitrogens with one attached hydrogen (secondary N) is 1. The lowest BCUT2D eigenvalue weighted by Crippen LogP contribution is -2.40. The zero-order chi connectivity index (χ0) is 18.3. The van der Waals surface area contributed by atoms with Crippen LogP contribution in [-0.2, 0) is 16.9 Å². The minimum absolute atomic E-state index is 0.00364. The summed E-state index contributed by atoms with van der Waals surface area (Å²) < 4.78 is 18.6. The normalized spacial score (nSPS) is 19.8. The van der Waals surface area contributed by atoms with E-state index in [4.69, 9.17) is 4.42 Å². The highest BCUT2D eigenvalue weighted by Crippen LogP contribution is 2.30. The van der Waals surface area contributed by atoms with E-state index in [2.05, 4.69) is 10.3 Å². The Morgan fingerprint density at radius 3 is 2.73 bits per heavy atom. The van der Waals surface area contributed by atoms with E-state index in [1.54, 1.807) is 6.92 Å². The second kappa shape index (κ2) is 6.06. The molecule has 3 amide bonds. The molecule has 2 aromatic heterocycles. The largest absolute Gasteiger partial charge is 0.443 e. The van der Waals surface area contributed by atoms with Crippen molar-refractivity contribution >= 4 is 23.3 Å². The van der Waals surface area contributed by atoms with E-state index >= 15 is 0 Å². The number of imide groups is 1. The summed E-state index contributed by atoms with van der Waals surface area (Å²) in [6.45, 7) is 1.59. The second-order valence-corrected chi connectivity index (χ2v) is 7.02. The van der Waals surface area contributed by atoms with Crippen molar-refractivity contribution in [1.82, 2.24) is 15.2 Å². The number of hydrogen-bond acceptors (Lipinski definition) is 5. The summed E-state index contributed by atoms with van der Waals surface area (Å²) >= 11 is 1.48. The molecule has 8 heteroatoms. The monoisotopic (exact) mass is 371 g/mol. The van der Waals surface area contributed by atoms with Gasteiger partial charge in [0.05, 0.1) is 17.1 Å². The number of halogens is 1. The molecule has 3 heterocycles. The summed E-state index contributed by atoms with van der Waals surface area (Å²) in [5, 5.41) is 4.59. The van der Waals surface area contributed by atoms with Gasteiger partial charge in [-0.3, -0.25) is 9.69 Å². The molecule has 26 heavy (non-hydrogen) atoms. The van der Waals surface area contributed by atoms with Gasteiger partial charge >= 0.3 is 6.03 Å². The Kier molecular flexibility index (Phi) is 3.84. The lowest BCUT2D eigenvalue weighted by molar-refractivity contribution is -0.131. The molecule has 1 unspecified atom stereocenters. The molecule has 1 aliphatic rings. The number of hydrogen-bond donors (Lipinski definition) is 1. The molecule has 0 bridgehead atoms. The molecule has 6 nitrogen and oxygen atoms in total. The number of carbonyl (C=O) groups excluding carboxylic acids is 2. The van der Waals surface area contributed by atoms with Crippen LogP contribution < -0.4 is 5.32 Å². The van der Waals surface area contributed by atoms with Gasteiger partial charge in [0, 0.05) is 0 Å². The van der Waals surface area contributed by atoms with Crippen LogP contribution in [-0.4, -0.2) is 21.8 Å². The number of rotatable bonds is 4. The topological polar surface area (TPSA) is 75.4 Å². The van der Waals surface area contributed by atoms with E-state index in [-0.39, 0.29) is 6.54 Å². The molecule has 0 aliphatic carbocycles. The number of amides is 3. The van der Waals surface area contributed by atoms with Gasteiger partial charge < -0.3 is 9.73 Å². The second-order valence-electron chi connectivity index (χ2n) is 6.07. The third kappa shape index (κ3) is 2.68. The zero-order valence-corrected chi connectivity index (χ0v) is 14.5. The van der Waals surface area contributed by atoms with Crippen LogP contribution in [0.15, 0.2) is 52.5 Å². The van der Waals surface area contributed by atoms with Gasteiger partial charge in [-0.05, 0) is 36.1 Å². The Bertz CT molecular complexity index is 968. The maximum Gasteiger partial charge on any atom is 0.325 e. The Morgan fingerprint density at radius 2 is 2.04 bits per heavy atom. The van der Waals surface area contributed by atoms with Gasteiger partial charge in [0.15, 0.2) is 0 Å². The fourth-order valence-electron chi connectivity index (χ4n) is 2.87. The molecule has 3 aromatic rings. The molecule has 1 saturated heterocycles. The Labute approximate surface area is 152 Å². The predicted molar refractivity (Wildman–Crippen MR) is 92.6 cm³/mol. The summed E-state index contributed by atoms with van der Waals surface area (Å²) in [4.78, 5) is 31.5. The Balaban J connectivity index is 1.57. The number of oxazole rings is 1. The fraction of sp³-hybridized carbons (Fsp3) is 0.167. The van der Waals surface area contributed by atoms with Crippen molar-refractivity contribution in [1.29, 1.82) is 0 Å². The number of urea groups is 1. The third-order valence-electron chi connectivity index (χ3n) is 4.30. The predicted octanol–water partition coefficient (Wildman–Crippen LogP) is 3.51. The van der Waals surface area contributed by atoms with Crippen molar-refractivity contribution in [2.45, 2.75) is 19.0 Å². The van der Waals surface area contributed by atoms with Gasteiger partial charge in [-0.25, -0.2) is 14.2 Å². The summed E-state index contributed by atoms with van der Waals surface area (Å²) in [6.07, 6.45) is 1.43. The van der Waals surface area contributed by atoms with Crippen LogP contribution in [0.2, 0.25) is 0 Å². The van der Waals surface area contributed by atoms with Gasteiger partial charge in [-0.15, -0.1) is 11.3 Å². The molecule has 132 valence electrons. The van der Waals surface area contributed by atoms with E-state index < -0.39 is 23.3 Å². The number of nitrogens with zero attached hydrogens (tertiary/aromatic N) is 2. The number of carbonyl (C=O) groups is 2. The van der Waals surface area contributed by atoms with Crippen molar-refractivity contribution in [3.8, 4) is 10.8 Å².